The van der Waals surface area contributed by atoms with E-state index in [0.29, 0.717) is 22.0 Å². The van der Waals surface area contributed by atoms with Gasteiger partial charge < -0.3 is 4.74 Å². The second-order valence-electron chi connectivity index (χ2n) is 6.29. The average Bonchev–Trinajstić information content (AvgIpc) is 2.61. The van der Waals surface area contributed by atoms with Gasteiger partial charge in [-0.05, 0) is 55.7 Å². The van der Waals surface area contributed by atoms with Gasteiger partial charge in [-0.2, -0.15) is 4.31 Å². The Morgan fingerprint density at radius 3 is 2.52 bits per heavy atom. The van der Waals surface area contributed by atoms with E-state index in [1.165, 1.54) is 16.4 Å². The molecule has 0 saturated carbocycles. The molecule has 0 N–H and O–H groups in total. The number of ether oxygens (including phenoxy) is 1. The maximum atomic E-state index is 13.2. The summed E-state index contributed by atoms with van der Waals surface area (Å²) in [6.45, 7) is 3.80. The summed E-state index contributed by atoms with van der Waals surface area (Å²) >= 11 is 12.4. The summed E-state index contributed by atoms with van der Waals surface area (Å²) in [6.07, 6.45) is 0.381. The number of fused-ring (bicyclic) bond motifs is 1. The zero-order valence-corrected chi connectivity index (χ0v) is 17.2. The highest BCUT2D eigenvalue weighted by atomic mass is 35.5. The number of halogens is 2. The Morgan fingerprint density at radius 2 is 1.89 bits per heavy atom. The standard InChI is InChI=1S/C19H19Cl2NO4S/c1-3-26-19(23)18-16-10-13(20)11-17(21)15(16)8-9-22(18)27(24,25)14-6-4-12(2)5-7-14/h4-7,10-11,18H,3,8-9H2,1-2H3. The predicted molar refractivity (Wildman–Crippen MR) is 105 cm³/mol. The minimum absolute atomic E-state index is 0.119. The molecule has 2 aromatic rings. The molecule has 0 radical (unpaired) electrons. The van der Waals surface area contributed by atoms with E-state index < -0.39 is 22.0 Å². The fraction of sp³-hybridized carbons (Fsp3) is 0.316. The zero-order valence-electron chi connectivity index (χ0n) is 14.9. The minimum atomic E-state index is -3.91. The van der Waals surface area contributed by atoms with Crippen LogP contribution in [-0.2, 0) is 26.0 Å². The van der Waals surface area contributed by atoms with E-state index in [-0.39, 0.29) is 18.0 Å². The molecule has 1 atom stereocenters. The Kier molecular flexibility index (Phi) is 5.82. The Balaban J connectivity index is 2.14. The van der Waals surface area contributed by atoms with Crippen molar-refractivity contribution < 1.29 is 17.9 Å². The highest BCUT2D eigenvalue weighted by molar-refractivity contribution is 7.89. The lowest BCUT2D eigenvalue weighted by Crippen LogP contribution is -2.44. The normalized spacial score (nSPS) is 17.4. The predicted octanol–water partition coefficient (Wildman–Crippen LogP) is 4.15. The topological polar surface area (TPSA) is 63.7 Å². The lowest BCUT2D eigenvalue weighted by molar-refractivity contribution is -0.148. The summed E-state index contributed by atoms with van der Waals surface area (Å²) in [4.78, 5) is 12.8. The van der Waals surface area contributed by atoms with Gasteiger partial charge in [0.15, 0.2) is 0 Å². The highest BCUT2D eigenvalue weighted by Gasteiger charge is 2.42. The van der Waals surface area contributed by atoms with Crippen LogP contribution in [0.25, 0.3) is 0 Å². The van der Waals surface area contributed by atoms with Gasteiger partial charge in [-0.25, -0.2) is 13.2 Å². The Hall–Kier alpha value is -1.60. The first-order chi connectivity index (χ1) is 12.8. The van der Waals surface area contributed by atoms with Gasteiger partial charge in [0.25, 0.3) is 0 Å². The van der Waals surface area contributed by atoms with E-state index in [4.69, 9.17) is 27.9 Å². The van der Waals surface area contributed by atoms with Crippen LogP contribution in [0.4, 0.5) is 0 Å². The van der Waals surface area contributed by atoms with Crippen molar-refractivity contribution in [2.24, 2.45) is 0 Å². The van der Waals surface area contributed by atoms with Gasteiger partial charge in [0.2, 0.25) is 10.0 Å². The molecule has 27 heavy (non-hydrogen) atoms. The first-order valence-corrected chi connectivity index (χ1v) is 10.7. The zero-order chi connectivity index (χ0) is 19.8. The summed E-state index contributed by atoms with van der Waals surface area (Å²) in [5.41, 5.74) is 2.13. The minimum Gasteiger partial charge on any atom is -0.465 e. The number of aryl methyl sites for hydroxylation is 1. The van der Waals surface area contributed by atoms with Gasteiger partial charge >= 0.3 is 5.97 Å². The summed E-state index contributed by atoms with van der Waals surface area (Å²) in [5, 5.41) is 0.752. The van der Waals surface area contributed by atoms with Gasteiger partial charge in [0.05, 0.1) is 11.5 Å². The quantitative estimate of drug-likeness (QED) is 0.687. The number of benzene rings is 2. The van der Waals surface area contributed by atoms with Crippen LogP contribution in [-0.4, -0.2) is 31.8 Å². The second kappa shape index (κ2) is 7.80. The van der Waals surface area contributed by atoms with Crippen LogP contribution >= 0.6 is 23.2 Å². The molecule has 144 valence electrons. The first kappa shape index (κ1) is 20.1. The van der Waals surface area contributed by atoms with Crippen LogP contribution in [0.5, 0.6) is 0 Å². The van der Waals surface area contributed by atoms with Crippen molar-refractivity contribution in [1.82, 2.24) is 4.31 Å². The summed E-state index contributed by atoms with van der Waals surface area (Å²) in [6, 6.07) is 8.56. The molecule has 0 spiro atoms. The number of nitrogens with zero attached hydrogens (tertiary/aromatic N) is 1. The number of carbonyl (C=O) groups is 1. The number of hydrogen-bond acceptors (Lipinski definition) is 4. The van der Waals surface area contributed by atoms with E-state index in [1.807, 2.05) is 6.92 Å². The molecule has 0 fully saturated rings. The van der Waals surface area contributed by atoms with Crippen LogP contribution in [0.3, 0.4) is 0 Å². The third kappa shape index (κ3) is 3.85. The van der Waals surface area contributed by atoms with Crippen molar-refractivity contribution in [3.63, 3.8) is 0 Å². The van der Waals surface area contributed by atoms with Crippen molar-refractivity contribution >= 4 is 39.2 Å². The summed E-state index contributed by atoms with van der Waals surface area (Å²) < 4.78 is 32.8. The molecule has 0 amide bonds. The molecule has 0 aromatic heterocycles. The van der Waals surface area contributed by atoms with Crippen molar-refractivity contribution in [1.29, 1.82) is 0 Å². The lowest BCUT2D eigenvalue weighted by Gasteiger charge is -2.35. The maximum absolute atomic E-state index is 13.2. The van der Waals surface area contributed by atoms with Gasteiger partial charge in [-0.3, -0.25) is 0 Å². The van der Waals surface area contributed by atoms with Crippen LogP contribution in [0, 0.1) is 6.92 Å². The van der Waals surface area contributed by atoms with Gasteiger partial charge in [0, 0.05) is 16.6 Å². The molecule has 1 aliphatic heterocycles. The first-order valence-electron chi connectivity index (χ1n) is 8.48. The molecule has 1 heterocycles. The smallest absolute Gasteiger partial charge is 0.329 e. The van der Waals surface area contributed by atoms with Crippen LogP contribution in [0.15, 0.2) is 41.3 Å². The Bertz CT molecular complexity index is 974. The van der Waals surface area contributed by atoms with Crippen molar-refractivity contribution in [3.05, 3.63) is 63.1 Å². The number of hydrogen-bond donors (Lipinski definition) is 0. The molecule has 1 aliphatic rings. The number of carbonyl (C=O) groups excluding carboxylic acids is 1. The summed E-state index contributed by atoms with van der Waals surface area (Å²) in [7, 11) is -3.91. The molecular formula is C19H19Cl2NO4S. The van der Waals surface area contributed by atoms with E-state index in [9.17, 15) is 13.2 Å². The number of esters is 1. The number of rotatable bonds is 4. The fourth-order valence-electron chi connectivity index (χ4n) is 3.21. The Labute approximate surface area is 168 Å². The van der Waals surface area contributed by atoms with E-state index >= 15 is 0 Å². The number of sulfonamides is 1. The van der Waals surface area contributed by atoms with Crippen molar-refractivity contribution in [2.45, 2.75) is 31.2 Å². The summed E-state index contributed by atoms with van der Waals surface area (Å²) in [5.74, 6) is -0.646. The van der Waals surface area contributed by atoms with Crippen LogP contribution in [0.1, 0.15) is 29.7 Å². The molecule has 1 unspecified atom stereocenters. The average molecular weight is 428 g/mol. The van der Waals surface area contributed by atoms with Gasteiger partial charge in [-0.1, -0.05) is 40.9 Å². The van der Waals surface area contributed by atoms with Crippen molar-refractivity contribution in [3.8, 4) is 0 Å². The molecule has 0 bridgehead atoms. The van der Waals surface area contributed by atoms with E-state index in [1.54, 1.807) is 31.2 Å². The second-order valence-corrected chi connectivity index (χ2v) is 9.02. The molecule has 3 rings (SSSR count). The van der Waals surface area contributed by atoms with E-state index in [2.05, 4.69) is 0 Å². The monoisotopic (exact) mass is 427 g/mol. The molecule has 0 saturated heterocycles. The molecule has 0 aliphatic carbocycles. The van der Waals surface area contributed by atoms with Crippen molar-refractivity contribution in [2.75, 3.05) is 13.2 Å². The third-order valence-corrected chi connectivity index (χ3v) is 6.93. The van der Waals surface area contributed by atoms with Gasteiger partial charge in [-0.15, -0.1) is 0 Å². The molecule has 5 nitrogen and oxygen atoms in total. The Morgan fingerprint density at radius 1 is 1.22 bits per heavy atom. The maximum Gasteiger partial charge on any atom is 0.329 e. The molecule has 8 heteroatoms. The van der Waals surface area contributed by atoms with E-state index in [0.717, 1.165) is 11.1 Å². The highest BCUT2D eigenvalue weighted by Crippen LogP contribution is 2.39. The lowest BCUT2D eigenvalue weighted by atomic mass is 9.94. The molecular weight excluding hydrogens is 409 g/mol. The fourth-order valence-corrected chi connectivity index (χ4v) is 5.37. The SMILES string of the molecule is CCOC(=O)C1c2cc(Cl)cc(Cl)c2CCN1S(=O)(=O)c1ccc(C)cc1. The van der Waals surface area contributed by atoms with Crippen LogP contribution in [0.2, 0.25) is 10.0 Å². The third-order valence-electron chi connectivity index (χ3n) is 4.50. The van der Waals surface area contributed by atoms with Crippen LogP contribution < -0.4 is 0 Å². The molecule has 2 aromatic carbocycles. The largest absolute Gasteiger partial charge is 0.465 e. The van der Waals surface area contributed by atoms with Gasteiger partial charge in [0.1, 0.15) is 6.04 Å².